The van der Waals surface area contributed by atoms with Crippen LogP contribution in [0.4, 0.5) is 21.7 Å². The number of carbonyl (C=O) groups excluding carboxylic acids is 2. The molecule has 2 fully saturated rings. The number of rotatable bonds is 6. The van der Waals surface area contributed by atoms with Crippen molar-refractivity contribution >= 4 is 40.9 Å². The molecule has 0 atom stereocenters. The van der Waals surface area contributed by atoms with Crippen molar-refractivity contribution < 1.29 is 18.7 Å². The van der Waals surface area contributed by atoms with E-state index in [1.165, 1.54) is 13.2 Å². The summed E-state index contributed by atoms with van der Waals surface area (Å²) in [5.41, 5.74) is 1.54. The van der Waals surface area contributed by atoms with Gasteiger partial charge in [0.25, 0.3) is 5.91 Å². The molecule has 0 bridgehead atoms. The van der Waals surface area contributed by atoms with Crippen LogP contribution in [0.3, 0.4) is 0 Å². The van der Waals surface area contributed by atoms with Crippen LogP contribution in [-0.2, 0) is 9.59 Å². The van der Waals surface area contributed by atoms with Gasteiger partial charge in [-0.1, -0.05) is 6.07 Å². The SMILES string of the molecule is COc1cccc(F)c1Nc1cc(NC2CC2)n2ncc(/C=C3\CC(=O)NC3=O)c2n1. The van der Waals surface area contributed by atoms with Crippen LogP contribution < -0.4 is 20.7 Å². The molecule has 10 heteroatoms. The van der Waals surface area contributed by atoms with E-state index < -0.39 is 11.7 Å². The number of aromatic nitrogens is 3. The zero-order chi connectivity index (χ0) is 21.5. The summed E-state index contributed by atoms with van der Waals surface area (Å²) in [6.07, 6.45) is 5.29. The number of fused-ring (bicyclic) bond motifs is 1. The zero-order valence-electron chi connectivity index (χ0n) is 16.6. The second-order valence-corrected chi connectivity index (χ2v) is 7.45. The average molecular weight is 422 g/mol. The van der Waals surface area contributed by atoms with E-state index in [2.05, 4.69) is 26.0 Å². The number of amides is 2. The van der Waals surface area contributed by atoms with Crippen molar-refractivity contribution in [3.63, 3.8) is 0 Å². The molecule has 3 heterocycles. The van der Waals surface area contributed by atoms with Gasteiger partial charge in [-0.05, 0) is 31.1 Å². The number of methoxy groups -OCH3 is 1. The number of hydrogen-bond acceptors (Lipinski definition) is 7. The first kappa shape index (κ1) is 19.0. The molecule has 3 N–H and O–H groups in total. The highest BCUT2D eigenvalue weighted by Crippen LogP contribution is 2.32. The summed E-state index contributed by atoms with van der Waals surface area (Å²) in [5.74, 6) is 0.162. The van der Waals surface area contributed by atoms with Crippen molar-refractivity contribution in [1.29, 1.82) is 0 Å². The number of hydrogen-bond donors (Lipinski definition) is 3. The molecule has 1 saturated heterocycles. The fraction of sp³-hybridized carbons (Fsp3) is 0.238. The summed E-state index contributed by atoms with van der Waals surface area (Å²) in [5, 5.41) is 13.0. The lowest BCUT2D eigenvalue weighted by atomic mass is 10.1. The Balaban J connectivity index is 1.60. The van der Waals surface area contributed by atoms with Gasteiger partial charge in [-0.3, -0.25) is 14.9 Å². The van der Waals surface area contributed by atoms with Crippen molar-refractivity contribution in [2.75, 3.05) is 17.7 Å². The van der Waals surface area contributed by atoms with Crippen LogP contribution in [0.25, 0.3) is 11.7 Å². The molecule has 2 amide bonds. The fourth-order valence-electron chi connectivity index (χ4n) is 3.42. The summed E-state index contributed by atoms with van der Waals surface area (Å²) in [6.45, 7) is 0. The van der Waals surface area contributed by atoms with Gasteiger partial charge in [0, 0.05) is 23.2 Å². The maximum Gasteiger partial charge on any atom is 0.254 e. The Morgan fingerprint density at radius 1 is 1.32 bits per heavy atom. The van der Waals surface area contributed by atoms with E-state index in [1.54, 1.807) is 35.0 Å². The van der Waals surface area contributed by atoms with Crippen molar-refractivity contribution in [3.05, 3.63) is 47.4 Å². The van der Waals surface area contributed by atoms with Crippen molar-refractivity contribution in [2.45, 2.75) is 25.3 Å². The number of halogens is 1. The predicted molar refractivity (Wildman–Crippen MR) is 112 cm³/mol. The van der Waals surface area contributed by atoms with E-state index in [9.17, 15) is 14.0 Å². The molecule has 0 unspecified atom stereocenters. The molecule has 2 aromatic heterocycles. The monoisotopic (exact) mass is 422 g/mol. The molecule has 9 nitrogen and oxygen atoms in total. The summed E-state index contributed by atoms with van der Waals surface area (Å²) in [4.78, 5) is 28.1. The average Bonchev–Trinajstić information content (AvgIpc) is 3.38. The third-order valence-corrected chi connectivity index (χ3v) is 5.10. The number of benzene rings is 1. The Labute approximate surface area is 176 Å². The number of imide groups is 1. The maximum absolute atomic E-state index is 14.4. The molecular formula is C21H19FN6O3. The van der Waals surface area contributed by atoms with E-state index in [0.29, 0.717) is 40.2 Å². The van der Waals surface area contributed by atoms with Gasteiger partial charge in [-0.2, -0.15) is 9.61 Å². The second kappa shape index (κ2) is 7.38. The third kappa shape index (κ3) is 3.67. The Morgan fingerprint density at radius 3 is 2.87 bits per heavy atom. The lowest BCUT2D eigenvalue weighted by molar-refractivity contribution is -0.124. The minimum absolute atomic E-state index is 0.00766. The first-order valence-electron chi connectivity index (χ1n) is 9.81. The number of nitrogens with zero attached hydrogens (tertiary/aromatic N) is 3. The van der Waals surface area contributed by atoms with Crippen LogP contribution in [0, 0.1) is 5.82 Å². The molecule has 1 aliphatic carbocycles. The van der Waals surface area contributed by atoms with E-state index in [1.807, 2.05) is 0 Å². The number of anilines is 3. The topological polar surface area (TPSA) is 110 Å². The zero-order valence-corrected chi connectivity index (χ0v) is 16.6. The molecule has 158 valence electrons. The molecule has 1 aliphatic heterocycles. The summed E-state index contributed by atoms with van der Waals surface area (Å²) < 4.78 is 21.3. The van der Waals surface area contributed by atoms with Crippen molar-refractivity contribution in [3.8, 4) is 5.75 Å². The first-order chi connectivity index (χ1) is 15.0. The third-order valence-electron chi connectivity index (χ3n) is 5.10. The smallest absolute Gasteiger partial charge is 0.254 e. The van der Waals surface area contributed by atoms with Crippen molar-refractivity contribution in [2.24, 2.45) is 0 Å². The maximum atomic E-state index is 14.4. The number of para-hydroxylation sites is 1. The van der Waals surface area contributed by atoms with Gasteiger partial charge in [0.15, 0.2) is 11.5 Å². The molecule has 2 aliphatic rings. The van der Waals surface area contributed by atoms with Gasteiger partial charge in [-0.15, -0.1) is 0 Å². The minimum Gasteiger partial charge on any atom is -0.494 e. The standard InChI is InChI=1S/C21H19FN6O3/c1-31-15-4-2-3-14(22)19(15)25-16-9-17(24-13-5-6-13)28-20(26-16)12(10-23-28)7-11-8-18(29)27-21(11)30/h2-4,7,9-10,13,24H,5-6,8H2,1H3,(H,25,26)(H,27,29,30)/b11-7+. The molecular weight excluding hydrogens is 403 g/mol. The molecule has 31 heavy (non-hydrogen) atoms. The quantitative estimate of drug-likeness (QED) is 0.414. The van der Waals surface area contributed by atoms with Crippen LogP contribution in [0.15, 0.2) is 36.0 Å². The van der Waals surface area contributed by atoms with Gasteiger partial charge in [0.05, 0.1) is 19.7 Å². The van der Waals surface area contributed by atoms with Crippen LogP contribution in [0.5, 0.6) is 5.75 Å². The Morgan fingerprint density at radius 2 is 2.16 bits per heavy atom. The van der Waals surface area contributed by atoms with Gasteiger partial charge in [0.1, 0.15) is 23.1 Å². The highest BCUT2D eigenvalue weighted by Gasteiger charge is 2.26. The van der Waals surface area contributed by atoms with Crippen LogP contribution >= 0.6 is 0 Å². The van der Waals surface area contributed by atoms with Gasteiger partial charge >= 0.3 is 0 Å². The molecule has 3 aromatic rings. The van der Waals surface area contributed by atoms with Crippen molar-refractivity contribution in [1.82, 2.24) is 19.9 Å². The molecule has 1 aromatic carbocycles. The van der Waals surface area contributed by atoms with Gasteiger partial charge in [0.2, 0.25) is 5.91 Å². The van der Waals surface area contributed by atoms with E-state index in [0.717, 1.165) is 12.8 Å². The number of carbonyl (C=O) groups is 2. The largest absolute Gasteiger partial charge is 0.494 e. The lowest BCUT2D eigenvalue weighted by Gasteiger charge is -2.14. The summed E-state index contributed by atoms with van der Waals surface area (Å²) in [7, 11) is 1.46. The number of nitrogens with one attached hydrogen (secondary N) is 3. The van der Waals surface area contributed by atoms with E-state index in [4.69, 9.17) is 4.74 Å². The first-order valence-corrected chi connectivity index (χ1v) is 9.81. The fourth-order valence-corrected chi connectivity index (χ4v) is 3.42. The minimum atomic E-state index is -0.477. The Kier molecular flexibility index (Phi) is 4.54. The van der Waals surface area contributed by atoms with E-state index >= 15 is 0 Å². The van der Waals surface area contributed by atoms with Gasteiger partial charge in [-0.25, -0.2) is 9.37 Å². The van der Waals surface area contributed by atoms with Crippen LogP contribution in [-0.4, -0.2) is 39.6 Å². The highest BCUT2D eigenvalue weighted by molar-refractivity contribution is 6.15. The van der Waals surface area contributed by atoms with Gasteiger partial charge < -0.3 is 15.4 Å². The lowest BCUT2D eigenvalue weighted by Crippen LogP contribution is -2.19. The second-order valence-electron chi connectivity index (χ2n) is 7.45. The normalized spacial score (nSPS) is 17.3. The van der Waals surface area contributed by atoms with Crippen LogP contribution in [0.1, 0.15) is 24.8 Å². The predicted octanol–water partition coefficient (Wildman–Crippen LogP) is 2.62. The Bertz CT molecular complexity index is 1250. The number of ether oxygens (including phenoxy) is 1. The van der Waals surface area contributed by atoms with E-state index in [-0.39, 0.29) is 18.0 Å². The highest BCUT2D eigenvalue weighted by atomic mass is 19.1. The molecule has 1 saturated carbocycles. The van der Waals surface area contributed by atoms with Crippen LogP contribution in [0.2, 0.25) is 0 Å². The molecule has 0 radical (unpaired) electrons. The Hall–Kier alpha value is -3.95. The molecule has 5 rings (SSSR count). The molecule has 0 spiro atoms. The summed E-state index contributed by atoms with van der Waals surface area (Å²) >= 11 is 0. The summed E-state index contributed by atoms with van der Waals surface area (Å²) in [6, 6.07) is 6.62.